The van der Waals surface area contributed by atoms with E-state index in [9.17, 15) is 8.42 Å². The lowest BCUT2D eigenvalue weighted by atomic mass is 10.1. The number of rotatable bonds is 9. The maximum atomic E-state index is 9.33. The molecule has 0 aliphatic heterocycles. The summed E-state index contributed by atoms with van der Waals surface area (Å²) in [6.07, 6.45) is 4.05. The van der Waals surface area contributed by atoms with Crippen LogP contribution in [0.15, 0.2) is 86.0 Å². The van der Waals surface area contributed by atoms with Gasteiger partial charge in [-0.3, -0.25) is 8.74 Å². The Morgan fingerprint density at radius 2 is 1.22 bits per heavy atom. The van der Waals surface area contributed by atoms with Gasteiger partial charge >= 0.3 is 10.4 Å². The van der Waals surface area contributed by atoms with Crippen molar-refractivity contribution in [1.82, 2.24) is 0 Å². The Balaban J connectivity index is 0.000000527. The number of hydrogen-bond acceptors (Lipinski definition) is 3. The van der Waals surface area contributed by atoms with Crippen LogP contribution in [-0.4, -0.2) is 37.7 Å². The minimum Gasteiger partial charge on any atom is -0.310 e. The molecule has 0 atom stereocenters. The maximum absolute atomic E-state index is 9.33. The molecule has 0 heterocycles. The molecule has 1 N–H and O–H groups in total. The van der Waals surface area contributed by atoms with Gasteiger partial charge in [-0.15, -0.1) is 0 Å². The van der Waals surface area contributed by atoms with Gasteiger partial charge in [-0.1, -0.05) is 73.8 Å². The first kappa shape index (κ1) is 22.8. The van der Waals surface area contributed by atoms with Crippen LogP contribution < -0.4 is 0 Å². The molecule has 0 spiro atoms. The summed E-state index contributed by atoms with van der Waals surface area (Å²) in [7, 11) is -3.29. The van der Waals surface area contributed by atoms with Crippen LogP contribution in [0.2, 0.25) is 0 Å². The third-order valence-corrected chi connectivity index (χ3v) is 4.39. The Morgan fingerprint density at radius 3 is 1.48 bits per heavy atom. The lowest BCUT2D eigenvalue weighted by Crippen LogP contribution is -2.46. The third-order valence-electron chi connectivity index (χ3n) is 3.97. The molecule has 0 aliphatic carbocycles. The van der Waals surface area contributed by atoms with Gasteiger partial charge in [0.25, 0.3) is 0 Å². The first-order valence-corrected chi connectivity index (χ1v) is 9.88. The third kappa shape index (κ3) is 9.30. The van der Waals surface area contributed by atoms with Crippen molar-refractivity contribution in [1.29, 1.82) is 0 Å². The van der Waals surface area contributed by atoms with Crippen molar-refractivity contribution in [3.63, 3.8) is 0 Å². The number of quaternary nitrogens is 1. The summed E-state index contributed by atoms with van der Waals surface area (Å²) in [6.45, 7) is 11.8. The molecule has 6 heteroatoms. The van der Waals surface area contributed by atoms with Crippen molar-refractivity contribution in [2.24, 2.45) is 0 Å². The normalized spacial score (nSPS) is 11.2. The molecule has 0 bridgehead atoms. The number of benzene rings is 2. The van der Waals surface area contributed by atoms with E-state index in [-0.39, 0.29) is 0 Å². The van der Waals surface area contributed by atoms with E-state index in [0.717, 1.165) is 37.8 Å². The van der Waals surface area contributed by atoms with Crippen molar-refractivity contribution in [2.45, 2.75) is 13.1 Å². The highest BCUT2D eigenvalue weighted by Crippen LogP contribution is 2.20. The van der Waals surface area contributed by atoms with Crippen LogP contribution in [0.1, 0.15) is 11.1 Å². The van der Waals surface area contributed by atoms with E-state index in [2.05, 4.69) is 78.0 Å². The Labute approximate surface area is 162 Å². The van der Waals surface area contributed by atoms with Gasteiger partial charge in [0.2, 0.25) is 0 Å². The molecule has 27 heavy (non-hydrogen) atoms. The minimum atomic E-state index is -4.16. The van der Waals surface area contributed by atoms with Crippen LogP contribution in [0.5, 0.6) is 0 Å². The summed E-state index contributed by atoms with van der Waals surface area (Å²) in [5.74, 6) is 0. The molecular formula is C21H28NO4S+. The lowest BCUT2D eigenvalue weighted by molar-refractivity contribution is -0.943. The predicted molar refractivity (Wildman–Crippen MR) is 109 cm³/mol. The fraction of sp³-hybridized carbons (Fsp3) is 0.238. The van der Waals surface area contributed by atoms with E-state index in [4.69, 9.17) is 4.55 Å². The molecule has 0 saturated carbocycles. The molecule has 2 aromatic carbocycles. The summed E-state index contributed by atoms with van der Waals surface area (Å²) in [6, 6.07) is 21.3. The molecule has 0 amide bonds. The largest absolute Gasteiger partial charge is 0.397 e. The molecule has 0 saturated heterocycles. The van der Waals surface area contributed by atoms with Crippen LogP contribution in [0, 0.1) is 0 Å². The summed E-state index contributed by atoms with van der Waals surface area (Å²) in [5, 5.41) is 0. The highest BCUT2D eigenvalue weighted by molar-refractivity contribution is 7.80. The van der Waals surface area contributed by atoms with Gasteiger partial charge in [-0.2, -0.15) is 8.42 Å². The van der Waals surface area contributed by atoms with Gasteiger partial charge in [0.05, 0.1) is 20.2 Å². The van der Waals surface area contributed by atoms with E-state index in [1.54, 1.807) is 0 Å². The SMILES string of the molecule is C=CC[N+](CC=C)(Cc1ccccc1)Cc1ccccc1.COS(=O)(=O)O. The maximum Gasteiger partial charge on any atom is 0.397 e. The van der Waals surface area contributed by atoms with Gasteiger partial charge in [-0.05, 0) is 12.2 Å². The average Bonchev–Trinajstić information content (AvgIpc) is 2.64. The van der Waals surface area contributed by atoms with Crippen molar-refractivity contribution in [3.8, 4) is 0 Å². The van der Waals surface area contributed by atoms with E-state index >= 15 is 0 Å². The van der Waals surface area contributed by atoms with Crippen molar-refractivity contribution >= 4 is 10.4 Å². The van der Waals surface area contributed by atoms with Crippen molar-refractivity contribution in [3.05, 3.63) is 97.1 Å². The van der Waals surface area contributed by atoms with Gasteiger partial charge in [0.1, 0.15) is 13.1 Å². The number of hydrogen-bond donors (Lipinski definition) is 1. The minimum absolute atomic E-state index is 0.870. The fourth-order valence-electron chi connectivity index (χ4n) is 2.88. The summed E-state index contributed by atoms with van der Waals surface area (Å²) in [4.78, 5) is 0. The Kier molecular flexibility index (Phi) is 9.67. The zero-order chi connectivity index (χ0) is 20.2. The lowest BCUT2D eigenvalue weighted by Gasteiger charge is -2.37. The van der Waals surface area contributed by atoms with Gasteiger partial charge < -0.3 is 4.48 Å². The van der Waals surface area contributed by atoms with E-state index in [1.165, 1.54) is 11.1 Å². The molecule has 0 aliphatic rings. The molecular weight excluding hydrogens is 362 g/mol. The first-order valence-electron chi connectivity index (χ1n) is 8.52. The molecule has 0 radical (unpaired) electrons. The topological polar surface area (TPSA) is 63.6 Å². The van der Waals surface area contributed by atoms with Gasteiger partial charge in [0, 0.05) is 11.1 Å². The summed E-state index contributed by atoms with van der Waals surface area (Å²) < 4.78 is 30.6. The second kappa shape index (κ2) is 11.5. The second-order valence-electron chi connectivity index (χ2n) is 6.17. The second-order valence-corrected chi connectivity index (χ2v) is 7.35. The van der Waals surface area contributed by atoms with E-state index < -0.39 is 10.4 Å². The zero-order valence-electron chi connectivity index (χ0n) is 15.7. The predicted octanol–water partition coefficient (Wildman–Crippen LogP) is 4.01. The highest BCUT2D eigenvalue weighted by atomic mass is 32.3. The smallest absolute Gasteiger partial charge is 0.310 e. The molecule has 2 rings (SSSR count). The monoisotopic (exact) mass is 390 g/mol. The standard InChI is InChI=1S/C20H24N.CH4O4S/c1-3-15-21(16-4-2,17-19-11-7-5-8-12-19)18-20-13-9-6-10-14-20;1-5-6(2,3)4/h3-14H,1-2,15-18H2;1H3,(H,2,3,4)/q+1;. The molecule has 0 unspecified atom stereocenters. The molecule has 146 valence electrons. The zero-order valence-corrected chi connectivity index (χ0v) is 16.5. The van der Waals surface area contributed by atoms with E-state index in [0.29, 0.717) is 0 Å². The fourth-order valence-corrected chi connectivity index (χ4v) is 2.88. The van der Waals surface area contributed by atoms with Gasteiger partial charge in [-0.25, -0.2) is 0 Å². The summed E-state index contributed by atoms with van der Waals surface area (Å²) >= 11 is 0. The molecule has 2 aromatic rings. The Bertz CT molecular complexity index is 736. The highest BCUT2D eigenvalue weighted by Gasteiger charge is 2.25. The number of nitrogens with zero attached hydrogens (tertiary/aromatic N) is 1. The van der Waals surface area contributed by atoms with Crippen LogP contribution in [0.4, 0.5) is 0 Å². The van der Waals surface area contributed by atoms with Crippen LogP contribution in [-0.2, 0) is 27.7 Å². The average molecular weight is 391 g/mol. The Morgan fingerprint density at radius 1 is 0.889 bits per heavy atom. The van der Waals surface area contributed by atoms with E-state index in [1.807, 2.05) is 12.2 Å². The van der Waals surface area contributed by atoms with Crippen LogP contribution in [0.3, 0.4) is 0 Å². The first-order chi connectivity index (χ1) is 12.8. The summed E-state index contributed by atoms with van der Waals surface area (Å²) in [5.41, 5.74) is 2.72. The quantitative estimate of drug-likeness (QED) is 0.399. The van der Waals surface area contributed by atoms with Crippen LogP contribution in [0.25, 0.3) is 0 Å². The Hall–Kier alpha value is -2.25. The van der Waals surface area contributed by atoms with Crippen molar-refractivity contribution in [2.75, 3.05) is 20.2 Å². The van der Waals surface area contributed by atoms with Crippen molar-refractivity contribution < 1.29 is 21.6 Å². The van der Waals surface area contributed by atoms with Gasteiger partial charge in [0.15, 0.2) is 0 Å². The molecule has 0 fully saturated rings. The molecule has 0 aromatic heterocycles. The molecule has 5 nitrogen and oxygen atoms in total. The van der Waals surface area contributed by atoms with Crippen LogP contribution >= 0.6 is 0 Å².